The van der Waals surface area contributed by atoms with Crippen LogP contribution in [-0.2, 0) is 9.59 Å². The van der Waals surface area contributed by atoms with Crippen molar-refractivity contribution < 1.29 is 19.1 Å². The second-order valence-electron chi connectivity index (χ2n) is 7.12. The maximum absolute atomic E-state index is 13.1. The number of methoxy groups -OCH3 is 1. The third kappa shape index (κ3) is 5.05. The van der Waals surface area contributed by atoms with Crippen molar-refractivity contribution >= 4 is 67.5 Å². The third-order valence-electron chi connectivity index (χ3n) is 4.87. The van der Waals surface area contributed by atoms with Crippen molar-refractivity contribution in [3.63, 3.8) is 0 Å². The number of fused-ring (bicyclic) bond motifs is 1. The fourth-order valence-electron chi connectivity index (χ4n) is 3.28. The van der Waals surface area contributed by atoms with Crippen LogP contribution in [0.15, 0.2) is 77.3 Å². The molecule has 4 rings (SSSR count). The highest BCUT2D eigenvalue weighted by Gasteiger charge is 2.22. The minimum absolute atomic E-state index is 0.110. The number of nitrogens with one attached hydrogen (secondary N) is 3. The van der Waals surface area contributed by atoms with Crippen molar-refractivity contribution in [3.8, 4) is 5.75 Å². The van der Waals surface area contributed by atoms with Crippen LogP contribution in [0.25, 0.3) is 10.9 Å². The molecule has 0 fully saturated rings. The lowest BCUT2D eigenvalue weighted by Gasteiger charge is -2.13. The number of hydrogen-bond donors (Lipinski definition) is 3. The zero-order chi connectivity index (χ0) is 24.2. The van der Waals surface area contributed by atoms with Gasteiger partial charge in [0.1, 0.15) is 11.4 Å². The molecule has 0 aliphatic carbocycles. The van der Waals surface area contributed by atoms with E-state index in [2.05, 4.69) is 32.0 Å². The van der Waals surface area contributed by atoms with Crippen LogP contribution in [0.3, 0.4) is 0 Å². The zero-order valence-corrected chi connectivity index (χ0v) is 20.1. The van der Waals surface area contributed by atoms with Crippen LogP contribution < -0.4 is 20.8 Å². The summed E-state index contributed by atoms with van der Waals surface area (Å²) in [5, 5.41) is 6.36. The Labute approximate surface area is 207 Å². The van der Waals surface area contributed by atoms with Gasteiger partial charge < -0.3 is 15.4 Å². The first-order valence-electron chi connectivity index (χ1n) is 9.99. The number of rotatable bonds is 5. The van der Waals surface area contributed by atoms with E-state index >= 15 is 0 Å². The molecule has 0 spiro atoms. The average molecular weight is 542 g/mol. The van der Waals surface area contributed by atoms with E-state index in [-0.39, 0.29) is 5.69 Å². The molecule has 0 radical (unpaired) electrons. The summed E-state index contributed by atoms with van der Waals surface area (Å²) in [4.78, 5) is 38.4. The van der Waals surface area contributed by atoms with Crippen molar-refractivity contribution in [2.45, 2.75) is 0 Å². The monoisotopic (exact) mass is 540 g/mol. The maximum Gasteiger partial charge on any atom is 0.328 e. The number of hydrogen-bond acceptors (Lipinski definition) is 4. The summed E-state index contributed by atoms with van der Waals surface area (Å²) in [5.41, 5.74) is 3.99. The number of amides is 3. The van der Waals surface area contributed by atoms with Crippen LogP contribution in [0.1, 0.15) is 10.5 Å². The lowest BCUT2D eigenvalue weighted by atomic mass is 10.2. The van der Waals surface area contributed by atoms with Gasteiger partial charge in [-0.2, -0.15) is 0 Å². The molecule has 3 N–H and O–H groups in total. The molecule has 34 heavy (non-hydrogen) atoms. The van der Waals surface area contributed by atoms with Crippen LogP contribution >= 0.6 is 27.5 Å². The van der Waals surface area contributed by atoms with E-state index in [1.807, 2.05) is 0 Å². The summed E-state index contributed by atoms with van der Waals surface area (Å²) in [6.45, 7) is 0. The fraction of sp³-hybridized carbons (Fsp3) is 0.0417. The molecular weight excluding hydrogens is 524 g/mol. The highest BCUT2D eigenvalue weighted by atomic mass is 79.9. The third-order valence-corrected chi connectivity index (χ3v) is 5.64. The topological polar surface area (TPSA) is 101 Å². The van der Waals surface area contributed by atoms with Crippen LogP contribution in [0, 0.1) is 0 Å². The molecule has 0 saturated heterocycles. The molecule has 0 atom stereocenters. The van der Waals surface area contributed by atoms with E-state index in [9.17, 15) is 14.4 Å². The second-order valence-corrected chi connectivity index (χ2v) is 8.48. The molecule has 0 aliphatic heterocycles. The Bertz CT molecular complexity index is 1400. The van der Waals surface area contributed by atoms with Gasteiger partial charge in [-0.3, -0.25) is 19.8 Å². The number of anilines is 2. The van der Waals surface area contributed by atoms with E-state index in [0.717, 1.165) is 4.47 Å². The molecule has 0 bridgehead atoms. The van der Waals surface area contributed by atoms with E-state index in [1.54, 1.807) is 72.8 Å². The molecule has 8 nitrogen and oxygen atoms in total. The van der Waals surface area contributed by atoms with Gasteiger partial charge in [0.05, 0.1) is 18.3 Å². The highest BCUT2D eigenvalue weighted by Crippen LogP contribution is 2.25. The van der Waals surface area contributed by atoms with Crippen molar-refractivity contribution in [1.82, 2.24) is 4.68 Å². The molecule has 3 aromatic carbocycles. The molecule has 0 aliphatic rings. The highest BCUT2D eigenvalue weighted by molar-refractivity contribution is 9.10. The minimum Gasteiger partial charge on any atom is -0.495 e. The molecule has 1 aromatic heterocycles. The van der Waals surface area contributed by atoms with Gasteiger partial charge in [0, 0.05) is 20.6 Å². The maximum atomic E-state index is 13.1. The number of halogens is 2. The van der Waals surface area contributed by atoms with Gasteiger partial charge in [0.15, 0.2) is 0 Å². The number of carbonyl (C=O) groups excluding carboxylic acids is 3. The van der Waals surface area contributed by atoms with Gasteiger partial charge in [0.25, 0.3) is 5.91 Å². The van der Waals surface area contributed by atoms with E-state index in [1.165, 1.54) is 11.8 Å². The number of para-hydroxylation sites is 2. The van der Waals surface area contributed by atoms with Crippen LogP contribution in [0.5, 0.6) is 5.75 Å². The SMILES string of the molecule is COc1ccccc1NC(=O)C(=O)Nn1c(C(=O)Nc2ccc(Br)cc2)cc2cc(Cl)ccc21. The Morgan fingerprint density at radius 1 is 0.912 bits per heavy atom. The number of nitrogens with zero attached hydrogens (tertiary/aromatic N) is 1. The van der Waals surface area contributed by atoms with Crippen molar-refractivity contribution in [3.05, 3.63) is 88.0 Å². The molecule has 172 valence electrons. The van der Waals surface area contributed by atoms with Gasteiger partial charge in [-0.15, -0.1) is 0 Å². The molecule has 4 aromatic rings. The summed E-state index contributed by atoms with van der Waals surface area (Å²) < 4.78 is 7.31. The predicted molar refractivity (Wildman–Crippen MR) is 135 cm³/mol. The molecule has 0 saturated carbocycles. The molecule has 0 unspecified atom stereocenters. The first kappa shape index (κ1) is 23.3. The lowest BCUT2D eigenvalue weighted by molar-refractivity contribution is -0.133. The van der Waals surface area contributed by atoms with Crippen LogP contribution in [-0.4, -0.2) is 29.5 Å². The van der Waals surface area contributed by atoms with Gasteiger partial charge >= 0.3 is 11.8 Å². The van der Waals surface area contributed by atoms with E-state index in [4.69, 9.17) is 16.3 Å². The normalized spacial score (nSPS) is 10.6. The Kier molecular flexibility index (Phi) is 6.85. The second kappa shape index (κ2) is 9.98. The summed E-state index contributed by atoms with van der Waals surface area (Å²) in [7, 11) is 1.46. The van der Waals surface area contributed by atoms with Gasteiger partial charge in [-0.25, -0.2) is 4.68 Å². The Balaban J connectivity index is 1.62. The van der Waals surface area contributed by atoms with Crippen molar-refractivity contribution in [1.29, 1.82) is 0 Å². The van der Waals surface area contributed by atoms with Gasteiger partial charge in [0.2, 0.25) is 0 Å². The van der Waals surface area contributed by atoms with Crippen LogP contribution in [0.4, 0.5) is 11.4 Å². The standard InChI is InChI=1S/C24H18BrClN4O4/c1-34-21-5-3-2-4-18(21)28-23(32)24(33)29-30-19-11-8-16(26)12-14(19)13-20(30)22(31)27-17-9-6-15(25)7-10-17/h2-13H,1H3,(H,27,31)(H,28,32)(H,29,33). The molecule has 3 amide bonds. The average Bonchev–Trinajstić information content (AvgIpc) is 3.18. The lowest BCUT2D eigenvalue weighted by Crippen LogP contribution is -2.36. The largest absolute Gasteiger partial charge is 0.495 e. The number of aromatic nitrogens is 1. The quantitative estimate of drug-likeness (QED) is 0.309. The Morgan fingerprint density at radius 3 is 2.38 bits per heavy atom. The Morgan fingerprint density at radius 2 is 1.65 bits per heavy atom. The van der Waals surface area contributed by atoms with E-state index in [0.29, 0.717) is 33.0 Å². The summed E-state index contributed by atoms with van der Waals surface area (Å²) in [6.07, 6.45) is 0. The first-order valence-corrected chi connectivity index (χ1v) is 11.2. The van der Waals surface area contributed by atoms with Crippen molar-refractivity contribution in [2.75, 3.05) is 23.2 Å². The van der Waals surface area contributed by atoms with E-state index < -0.39 is 17.7 Å². The molecule has 10 heteroatoms. The first-order chi connectivity index (χ1) is 16.4. The zero-order valence-electron chi connectivity index (χ0n) is 17.8. The number of ether oxygens (including phenoxy) is 1. The fourth-order valence-corrected chi connectivity index (χ4v) is 3.73. The van der Waals surface area contributed by atoms with Crippen molar-refractivity contribution in [2.24, 2.45) is 0 Å². The Hall–Kier alpha value is -3.82. The molecular formula is C24H18BrClN4O4. The summed E-state index contributed by atoms with van der Waals surface area (Å²) in [5.74, 6) is -1.99. The predicted octanol–water partition coefficient (Wildman–Crippen LogP) is 5.03. The smallest absolute Gasteiger partial charge is 0.328 e. The minimum atomic E-state index is -0.976. The number of carbonyl (C=O) groups is 3. The summed E-state index contributed by atoms with van der Waals surface area (Å²) in [6, 6.07) is 20.2. The van der Waals surface area contributed by atoms with Crippen LogP contribution in [0.2, 0.25) is 5.02 Å². The van der Waals surface area contributed by atoms with Gasteiger partial charge in [-0.1, -0.05) is 39.7 Å². The molecule has 1 heterocycles. The summed E-state index contributed by atoms with van der Waals surface area (Å²) >= 11 is 9.45. The number of benzene rings is 3. The van der Waals surface area contributed by atoms with Gasteiger partial charge in [-0.05, 0) is 60.7 Å².